The van der Waals surface area contributed by atoms with Gasteiger partial charge in [0.15, 0.2) is 0 Å². The summed E-state index contributed by atoms with van der Waals surface area (Å²) in [5.74, 6) is 0.123. The van der Waals surface area contributed by atoms with Gasteiger partial charge in [-0.05, 0) is 25.9 Å². The predicted octanol–water partition coefficient (Wildman–Crippen LogP) is -0.525. The maximum atomic E-state index is 11.0. The molecule has 2 aliphatic rings. The Morgan fingerprint density at radius 2 is 2.08 bits per heavy atom. The minimum Gasteiger partial charge on any atom is -0.299 e. The molecule has 0 aromatic rings. The van der Waals surface area contributed by atoms with Crippen LogP contribution >= 0.6 is 0 Å². The fourth-order valence-electron chi connectivity index (χ4n) is 1.97. The zero-order valence-corrected chi connectivity index (χ0v) is 7.18. The highest BCUT2D eigenvalue weighted by Gasteiger charge is 2.26. The topological polar surface area (TPSA) is 44.4 Å². The van der Waals surface area contributed by atoms with Crippen LogP contribution in [0.5, 0.6) is 0 Å². The van der Waals surface area contributed by atoms with Gasteiger partial charge in [0.05, 0.1) is 0 Å². The smallest absolute Gasteiger partial charge is 0.235 e. The summed E-state index contributed by atoms with van der Waals surface area (Å²) >= 11 is 0. The molecule has 0 aromatic carbocycles. The third-order valence-electron chi connectivity index (χ3n) is 2.64. The Bertz CT molecular complexity index is 177. The van der Waals surface area contributed by atoms with Crippen molar-refractivity contribution in [2.75, 3.05) is 19.6 Å². The second-order valence-corrected chi connectivity index (χ2v) is 3.53. The van der Waals surface area contributed by atoms with E-state index in [2.05, 4.69) is 15.8 Å². The van der Waals surface area contributed by atoms with Crippen LogP contribution in [-0.4, -0.2) is 36.5 Å². The first-order valence-electron chi connectivity index (χ1n) is 4.62. The van der Waals surface area contributed by atoms with Gasteiger partial charge in [-0.1, -0.05) is 0 Å². The summed E-state index contributed by atoms with van der Waals surface area (Å²) in [5, 5.41) is 0. The molecule has 4 heteroatoms. The molecule has 2 N–H and O–H groups in total. The van der Waals surface area contributed by atoms with Crippen LogP contribution in [0, 0.1) is 0 Å². The van der Waals surface area contributed by atoms with Gasteiger partial charge in [0, 0.05) is 19.0 Å². The predicted molar refractivity (Wildman–Crippen MR) is 45.4 cm³/mol. The van der Waals surface area contributed by atoms with Crippen molar-refractivity contribution in [3.05, 3.63) is 0 Å². The van der Waals surface area contributed by atoms with Crippen molar-refractivity contribution in [2.45, 2.75) is 25.3 Å². The molecular formula is C8H15N3O. The Hall–Kier alpha value is -0.610. The molecule has 2 aliphatic heterocycles. The molecule has 1 unspecified atom stereocenters. The van der Waals surface area contributed by atoms with Crippen molar-refractivity contribution in [1.82, 2.24) is 15.8 Å². The summed E-state index contributed by atoms with van der Waals surface area (Å²) < 4.78 is 0. The number of amides is 1. The van der Waals surface area contributed by atoms with Crippen molar-refractivity contribution < 1.29 is 4.79 Å². The lowest BCUT2D eigenvalue weighted by Crippen LogP contribution is -2.54. The number of nitrogens with one attached hydrogen (secondary N) is 2. The van der Waals surface area contributed by atoms with Crippen LogP contribution in [-0.2, 0) is 4.79 Å². The van der Waals surface area contributed by atoms with Crippen LogP contribution in [0.3, 0.4) is 0 Å². The Morgan fingerprint density at radius 1 is 1.33 bits per heavy atom. The number of hydrogen-bond acceptors (Lipinski definition) is 3. The number of carbonyl (C=O) groups is 1. The largest absolute Gasteiger partial charge is 0.299 e. The molecule has 2 saturated heterocycles. The standard InChI is InChI=1S/C8H15N3O/c12-8-5-7(6-9-10-8)11-3-1-2-4-11/h7,9H,1-6H2,(H,10,12). The van der Waals surface area contributed by atoms with E-state index in [0.29, 0.717) is 12.5 Å². The summed E-state index contributed by atoms with van der Waals surface area (Å²) in [6.07, 6.45) is 3.24. The van der Waals surface area contributed by atoms with Gasteiger partial charge in [-0.3, -0.25) is 15.1 Å². The number of carbonyl (C=O) groups excluding carboxylic acids is 1. The Morgan fingerprint density at radius 3 is 2.75 bits per heavy atom. The molecular weight excluding hydrogens is 154 g/mol. The first-order chi connectivity index (χ1) is 5.86. The van der Waals surface area contributed by atoms with Crippen molar-refractivity contribution in [3.63, 3.8) is 0 Å². The molecule has 4 nitrogen and oxygen atoms in total. The summed E-state index contributed by atoms with van der Waals surface area (Å²) in [4.78, 5) is 13.4. The van der Waals surface area contributed by atoms with Gasteiger partial charge in [0.25, 0.3) is 0 Å². The van der Waals surface area contributed by atoms with Crippen LogP contribution in [0.4, 0.5) is 0 Å². The molecule has 12 heavy (non-hydrogen) atoms. The average molecular weight is 169 g/mol. The van der Waals surface area contributed by atoms with Crippen molar-refractivity contribution in [1.29, 1.82) is 0 Å². The van der Waals surface area contributed by atoms with Crippen molar-refractivity contribution in [2.24, 2.45) is 0 Å². The lowest BCUT2D eigenvalue weighted by atomic mass is 10.1. The van der Waals surface area contributed by atoms with Crippen LogP contribution < -0.4 is 10.9 Å². The zero-order valence-electron chi connectivity index (χ0n) is 7.18. The zero-order chi connectivity index (χ0) is 8.39. The average Bonchev–Trinajstić information content (AvgIpc) is 2.56. The van der Waals surface area contributed by atoms with E-state index in [9.17, 15) is 4.79 Å². The van der Waals surface area contributed by atoms with Crippen LogP contribution in [0.15, 0.2) is 0 Å². The molecule has 0 radical (unpaired) electrons. The molecule has 68 valence electrons. The highest BCUT2D eigenvalue weighted by atomic mass is 16.2. The summed E-state index contributed by atoms with van der Waals surface area (Å²) in [6, 6.07) is 0.432. The normalized spacial score (nSPS) is 32.0. The molecule has 2 rings (SSSR count). The second kappa shape index (κ2) is 3.41. The van der Waals surface area contributed by atoms with E-state index in [1.807, 2.05) is 0 Å². The Kier molecular flexibility index (Phi) is 2.28. The first-order valence-corrected chi connectivity index (χ1v) is 4.62. The van der Waals surface area contributed by atoms with Gasteiger partial charge >= 0.3 is 0 Å². The van der Waals surface area contributed by atoms with E-state index in [1.165, 1.54) is 25.9 Å². The van der Waals surface area contributed by atoms with E-state index in [0.717, 1.165) is 6.54 Å². The van der Waals surface area contributed by atoms with Crippen LogP contribution in [0.1, 0.15) is 19.3 Å². The lowest BCUT2D eigenvalue weighted by Gasteiger charge is -2.30. The second-order valence-electron chi connectivity index (χ2n) is 3.53. The van der Waals surface area contributed by atoms with Crippen molar-refractivity contribution in [3.8, 4) is 0 Å². The van der Waals surface area contributed by atoms with Gasteiger partial charge in [-0.15, -0.1) is 0 Å². The third-order valence-corrected chi connectivity index (χ3v) is 2.64. The highest BCUT2D eigenvalue weighted by molar-refractivity contribution is 5.76. The summed E-state index contributed by atoms with van der Waals surface area (Å²) in [6.45, 7) is 3.23. The number of hydrazine groups is 1. The van der Waals surface area contributed by atoms with E-state index < -0.39 is 0 Å². The number of nitrogens with zero attached hydrogens (tertiary/aromatic N) is 1. The van der Waals surface area contributed by atoms with E-state index in [1.54, 1.807) is 0 Å². The minimum absolute atomic E-state index is 0.123. The molecule has 2 heterocycles. The Balaban J connectivity index is 1.89. The molecule has 0 aromatic heterocycles. The Labute approximate surface area is 72.3 Å². The molecule has 0 bridgehead atoms. The maximum Gasteiger partial charge on any atom is 0.235 e. The summed E-state index contributed by atoms with van der Waals surface area (Å²) in [7, 11) is 0. The molecule has 0 spiro atoms. The van der Waals surface area contributed by atoms with Crippen LogP contribution in [0.2, 0.25) is 0 Å². The van der Waals surface area contributed by atoms with Gasteiger partial charge in [0.1, 0.15) is 0 Å². The van der Waals surface area contributed by atoms with Gasteiger partial charge in [-0.2, -0.15) is 0 Å². The minimum atomic E-state index is 0.123. The number of rotatable bonds is 1. The summed E-state index contributed by atoms with van der Waals surface area (Å²) in [5.41, 5.74) is 5.54. The molecule has 0 saturated carbocycles. The van der Waals surface area contributed by atoms with Gasteiger partial charge < -0.3 is 0 Å². The number of likely N-dealkylation sites (tertiary alicyclic amines) is 1. The van der Waals surface area contributed by atoms with Gasteiger partial charge in [-0.25, -0.2) is 5.43 Å². The quantitative estimate of drug-likeness (QED) is 0.555. The SMILES string of the molecule is O=C1CC(N2CCCC2)CNN1. The molecule has 0 aliphatic carbocycles. The number of hydrogen-bond donors (Lipinski definition) is 2. The fourth-order valence-corrected chi connectivity index (χ4v) is 1.97. The monoisotopic (exact) mass is 169 g/mol. The van der Waals surface area contributed by atoms with Crippen LogP contribution in [0.25, 0.3) is 0 Å². The fraction of sp³-hybridized carbons (Fsp3) is 0.875. The third kappa shape index (κ3) is 1.59. The molecule has 1 atom stereocenters. The highest BCUT2D eigenvalue weighted by Crippen LogP contribution is 2.14. The van der Waals surface area contributed by atoms with Gasteiger partial charge in [0.2, 0.25) is 5.91 Å². The van der Waals surface area contributed by atoms with E-state index in [4.69, 9.17) is 0 Å². The lowest BCUT2D eigenvalue weighted by molar-refractivity contribution is -0.125. The molecule has 2 fully saturated rings. The van der Waals surface area contributed by atoms with E-state index in [-0.39, 0.29) is 5.91 Å². The first kappa shape index (κ1) is 8.01. The van der Waals surface area contributed by atoms with Crippen molar-refractivity contribution >= 4 is 5.91 Å². The maximum absolute atomic E-state index is 11.0. The molecule has 1 amide bonds. The van der Waals surface area contributed by atoms with E-state index >= 15 is 0 Å².